The molecule has 0 saturated carbocycles. The fraction of sp³-hybridized carbons (Fsp3) is 0.529. The van der Waals surface area contributed by atoms with Crippen LogP contribution in [0.5, 0.6) is 0 Å². The number of fused-ring (bicyclic) bond motifs is 1. The van der Waals surface area contributed by atoms with Crippen molar-refractivity contribution in [1.29, 1.82) is 0 Å². The van der Waals surface area contributed by atoms with Gasteiger partial charge in [0.25, 0.3) is 0 Å². The molecule has 2 aromatic rings. The van der Waals surface area contributed by atoms with E-state index in [1.54, 1.807) is 0 Å². The van der Waals surface area contributed by atoms with Crippen molar-refractivity contribution in [2.75, 3.05) is 19.3 Å². The maximum Gasteiger partial charge on any atom is 0.220 e. The number of aromatic amines is 1. The lowest BCUT2D eigenvalue weighted by Gasteiger charge is -2.30. The number of amides is 1. The van der Waals surface area contributed by atoms with Crippen LogP contribution in [0, 0.1) is 5.92 Å². The Kier molecular flexibility index (Phi) is 5.10. The number of nitrogens with zero attached hydrogens (tertiary/aromatic N) is 2. The average Bonchev–Trinajstić information content (AvgIpc) is 2.98. The van der Waals surface area contributed by atoms with E-state index in [-0.39, 0.29) is 17.9 Å². The molecule has 1 unspecified atom stereocenters. The van der Waals surface area contributed by atoms with Gasteiger partial charge in [-0.25, -0.2) is 17.7 Å². The number of rotatable bonds is 5. The van der Waals surface area contributed by atoms with Crippen molar-refractivity contribution in [3.63, 3.8) is 0 Å². The minimum absolute atomic E-state index is 0.0224. The Hall–Kier alpha value is -1.93. The van der Waals surface area contributed by atoms with Crippen molar-refractivity contribution in [1.82, 2.24) is 19.6 Å². The van der Waals surface area contributed by atoms with Crippen LogP contribution in [-0.2, 0) is 14.8 Å². The molecule has 0 radical (unpaired) electrons. The van der Waals surface area contributed by atoms with Crippen molar-refractivity contribution < 1.29 is 13.2 Å². The number of aromatic nitrogens is 2. The Morgan fingerprint density at radius 3 is 2.68 bits per heavy atom. The zero-order valence-electron chi connectivity index (χ0n) is 14.5. The third-order valence-electron chi connectivity index (χ3n) is 4.71. The first-order chi connectivity index (χ1) is 11.8. The van der Waals surface area contributed by atoms with E-state index < -0.39 is 10.0 Å². The molecular weight excluding hydrogens is 340 g/mol. The second-order valence-corrected chi connectivity index (χ2v) is 8.72. The molecule has 25 heavy (non-hydrogen) atoms. The number of nitrogens with one attached hydrogen (secondary N) is 2. The number of piperidine rings is 1. The van der Waals surface area contributed by atoms with E-state index in [9.17, 15) is 13.2 Å². The average molecular weight is 364 g/mol. The topological polar surface area (TPSA) is 95.2 Å². The normalized spacial score (nSPS) is 18.3. The van der Waals surface area contributed by atoms with Gasteiger partial charge in [0.05, 0.1) is 23.3 Å². The smallest absolute Gasteiger partial charge is 0.220 e. The molecule has 3 rings (SSSR count). The van der Waals surface area contributed by atoms with Crippen molar-refractivity contribution in [2.24, 2.45) is 5.92 Å². The maximum atomic E-state index is 12.3. The quantitative estimate of drug-likeness (QED) is 0.846. The van der Waals surface area contributed by atoms with Gasteiger partial charge >= 0.3 is 0 Å². The first kappa shape index (κ1) is 17.9. The monoisotopic (exact) mass is 364 g/mol. The summed E-state index contributed by atoms with van der Waals surface area (Å²) in [5.74, 6) is 0.938. The number of benzene rings is 1. The lowest BCUT2D eigenvalue weighted by Crippen LogP contribution is -2.39. The Bertz CT molecular complexity index is 821. The number of carbonyl (C=O) groups excluding carboxylic acids is 1. The van der Waals surface area contributed by atoms with E-state index in [0.717, 1.165) is 29.7 Å². The Balaban J connectivity index is 1.52. The molecule has 1 fully saturated rings. The number of hydrogen-bond donors (Lipinski definition) is 2. The lowest BCUT2D eigenvalue weighted by molar-refractivity contribution is -0.123. The minimum atomic E-state index is -3.13. The van der Waals surface area contributed by atoms with Gasteiger partial charge in [0.15, 0.2) is 0 Å². The summed E-state index contributed by atoms with van der Waals surface area (Å²) in [5, 5.41) is 2.98. The summed E-state index contributed by atoms with van der Waals surface area (Å²) in [6.45, 7) is 2.90. The van der Waals surface area contributed by atoms with E-state index in [2.05, 4.69) is 15.3 Å². The van der Waals surface area contributed by atoms with Gasteiger partial charge in [-0.1, -0.05) is 12.1 Å². The molecule has 136 valence electrons. The SMILES string of the molecule is CC(NC(=O)CC1CCN(S(C)(=O)=O)CC1)c1nc2ccccc2[nH]1. The third-order valence-corrected chi connectivity index (χ3v) is 6.02. The summed E-state index contributed by atoms with van der Waals surface area (Å²) in [6, 6.07) is 7.56. The van der Waals surface area contributed by atoms with Gasteiger partial charge in [-0.3, -0.25) is 4.79 Å². The number of hydrogen-bond acceptors (Lipinski definition) is 4. The highest BCUT2D eigenvalue weighted by atomic mass is 32.2. The molecule has 1 atom stereocenters. The van der Waals surface area contributed by atoms with Gasteiger partial charge < -0.3 is 10.3 Å². The third kappa shape index (κ3) is 4.38. The molecule has 7 nitrogen and oxygen atoms in total. The van der Waals surface area contributed by atoms with Crippen LogP contribution in [0.3, 0.4) is 0 Å². The Morgan fingerprint density at radius 2 is 2.04 bits per heavy atom. The summed E-state index contributed by atoms with van der Waals surface area (Å²) in [7, 11) is -3.13. The predicted molar refractivity (Wildman–Crippen MR) is 96.4 cm³/mol. The largest absolute Gasteiger partial charge is 0.346 e. The summed E-state index contributed by atoms with van der Waals surface area (Å²) >= 11 is 0. The molecule has 1 aromatic heterocycles. The van der Waals surface area contributed by atoms with Gasteiger partial charge in [-0.05, 0) is 37.8 Å². The number of carbonyl (C=O) groups is 1. The summed E-state index contributed by atoms with van der Waals surface area (Å²) in [4.78, 5) is 20.0. The van der Waals surface area contributed by atoms with Crippen molar-refractivity contribution >= 4 is 27.0 Å². The van der Waals surface area contributed by atoms with E-state index in [4.69, 9.17) is 0 Å². The number of H-pyrrole nitrogens is 1. The summed E-state index contributed by atoms with van der Waals surface area (Å²) in [6.07, 6.45) is 3.09. The number of imidazole rings is 1. The van der Waals surface area contributed by atoms with Crippen LogP contribution in [0.1, 0.15) is 38.1 Å². The standard InChI is InChI=1S/C17H24N4O3S/c1-12(17-19-14-5-3-4-6-15(14)20-17)18-16(22)11-13-7-9-21(10-8-13)25(2,23)24/h3-6,12-13H,7-11H2,1-2H3,(H,18,22)(H,19,20). The fourth-order valence-electron chi connectivity index (χ4n) is 3.25. The molecule has 0 bridgehead atoms. The van der Waals surface area contributed by atoms with Gasteiger partial charge in [0.1, 0.15) is 5.82 Å². The molecule has 8 heteroatoms. The first-order valence-corrected chi connectivity index (χ1v) is 10.4. The van der Waals surface area contributed by atoms with Crippen LogP contribution in [0.25, 0.3) is 11.0 Å². The molecule has 1 aliphatic rings. The number of para-hydroxylation sites is 2. The Labute approximate surface area is 147 Å². The zero-order chi connectivity index (χ0) is 18.0. The highest BCUT2D eigenvalue weighted by Gasteiger charge is 2.26. The molecule has 0 spiro atoms. The van der Waals surface area contributed by atoms with Crippen LogP contribution >= 0.6 is 0 Å². The first-order valence-electron chi connectivity index (χ1n) is 8.52. The van der Waals surface area contributed by atoms with Gasteiger partial charge in [0.2, 0.25) is 15.9 Å². The highest BCUT2D eigenvalue weighted by Crippen LogP contribution is 2.22. The summed E-state index contributed by atoms with van der Waals surface area (Å²) < 4.78 is 24.5. The molecule has 1 aromatic carbocycles. The second kappa shape index (κ2) is 7.13. The predicted octanol–water partition coefficient (Wildman–Crippen LogP) is 1.80. The molecule has 1 saturated heterocycles. The highest BCUT2D eigenvalue weighted by molar-refractivity contribution is 7.88. The molecule has 1 aliphatic heterocycles. The molecular formula is C17H24N4O3S. The maximum absolute atomic E-state index is 12.3. The van der Waals surface area contributed by atoms with Crippen molar-refractivity contribution in [2.45, 2.75) is 32.2 Å². The molecule has 2 heterocycles. The van der Waals surface area contributed by atoms with Crippen LogP contribution in [0.15, 0.2) is 24.3 Å². The lowest BCUT2D eigenvalue weighted by atomic mass is 9.94. The molecule has 0 aliphatic carbocycles. The van der Waals surface area contributed by atoms with Crippen LogP contribution < -0.4 is 5.32 Å². The summed E-state index contributed by atoms with van der Waals surface area (Å²) in [5.41, 5.74) is 1.83. The van der Waals surface area contributed by atoms with Gasteiger partial charge in [-0.15, -0.1) is 0 Å². The zero-order valence-corrected chi connectivity index (χ0v) is 15.3. The van der Waals surface area contributed by atoms with Gasteiger partial charge in [-0.2, -0.15) is 0 Å². The Morgan fingerprint density at radius 1 is 1.36 bits per heavy atom. The number of sulfonamides is 1. The van der Waals surface area contributed by atoms with Crippen molar-refractivity contribution in [3.05, 3.63) is 30.1 Å². The van der Waals surface area contributed by atoms with E-state index in [1.807, 2.05) is 31.2 Å². The van der Waals surface area contributed by atoms with Gasteiger partial charge in [0, 0.05) is 19.5 Å². The molecule has 2 N–H and O–H groups in total. The van der Waals surface area contributed by atoms with Crippen LogP contribution in [0.4, 0.5) is 0 Å². The molecule has 1 amide bonds. The second-order valence-electron chi connectivity index (χ2n) is 6.74. The van der Waals surface area contributed by atoms with Crippen LogP contribution in [-0.4, -0.2) is 47.9 Å². The minimum Gasteiger partial charge on any atom is -0.346 e. The van der Waals surface area contributed by atoms with Crippen molar-refractivity contribution in [3.8, 4) is 0 Å². The van der Waals surface area contributed by atoms with E-state index in [0.29, 0.717) is 19.5 Å². The van der Waals surface area contributed by atoms with E-state index in [1.165, 1.54) is 10.6 Å². The van der Waals surface area contributed by atoms with Crippen LogP contribution in [0.2, 0.25) is 0 Å². The fourth-order valence-corrected chi connectivity index (χ4v) is 4.13. The van der Waals surface area contributed by atoms with E-state index >= 15 is 0 Å².